The van der Waals surface area contributed by atoms with Crippen molar-refractivity contribution >= 4 is 17.6 Å². The van der Waals surface area contributed by atoms with Crippen molar-refractivity contribution in [3.05, 3.63) is 39.9 Å². The third-order valence-corrected chi connectivity index (χ3v) is 3.94. The Morgan fingerprint density at radius 2 is 1.81 bits per heavy atom. The van der Waals surface area contributed by atoms with E-state index in [2.05, 4.69) is 5.32 Å². The maximum atomic E-state index is 12.0. The monoisotopic (exact) mass is 292 g/mol. The number of aliphatic carboxylic acids is 1. The van der Waals surface area contributed by atoms with Gasteiger partial charge in [0, 0.05) is 24.2 Å². The molecule has 0 unspecified atom stereocenters. The minimum Gasteiger partial charge on any atom is -0.481 e. The number of non-ortho nitro benzene ring substituents is 1. The average Bonchev–Trinajstić information content (AvgIpc) is 2.95. The van der Waals surface area contributed by atoms with E-state index in [1.807, 2.05) is 0 Å². The molecule has 2 N–H and O–H groups in total. The van der Waals surface area contributed by atoms with Crippen molar-refractivity contribution in [2.75, 3.05) is 6.54 Å². The van der Waals surface area contributed by atoms with Gasteiger partial charge >= 0.3 is 5.97 Å². The predicted molar refractivity (Wildman–Crippen MR) is 74.0 cm³/mol. The summed E-state index contributed by atoms with van der Waals surface area (Å²) in [6.07, 6.45) is 2.81. The first-order valence-electron chi connectivity index (χ1n) is 6.71. The van der Waals surface area contributed by atoms with Gasteiger partial charge in [-0.25, -0.2) is 0 Å². The van der Waals surface area contributed by atoms with Crippen LogP contribution in [-0.2, 0) is 4.79 Å². The third-order valence-electron chi connectivity index (χ3n) is 3.94. The van der Waals surface area contributed by atoms with Gasteiger partial charge in [-0.15, -0.1) is 0 Å². The number of nitrogens with zero attached hydrogens (tertiary/aromatic N) is 1. The number of nitrogens with one attached hydrogen (secondary N) is 1. The molecule has 0 aromatic heterocycles. The van der Waals surface area contributed by atoms with E-state index in [4.69, 9.17) is 0 Å². The SMILES string of the molecule is O=C(NCC1(C(=O)O)CCCC1)c1ccc([N+](=O)[O-])cc1. The Kier molecular flexibility index (Phi) is 4.21. The van der Waals surface area contributed by atoms with Crippen molar-refractivity contribution < 1.29 is 19.6 Å². The molecule has 1 fully saturated rings. The molecule has 1 aromatic rings. The van der Waals surface area contributed by atoms with Gasteiger partial charge in [-0.2, -0.15) is 0 Å². The fourth-order valence-corrected chi connectivity index (χ4v) is 2.60. The Labute approximate surface area is 121 Å². The zero-order chi connectivity index (χ0) is 15.5. The van der Waals surface area contributed by atoms with Crippen molar-refractivity contribution in [3.8, 4) is 0 Å². The number of carboxylic acids is 1. The van der Waals surface area contributed by atoms with Crippen molar-refractivity contribution in [2.45, 2.75) is 25.7 Å². The first kappa shape index (κ1) is 15.0. The summed E-state index contributed by atoms with van der Waals surface area (Å²) < 4.78 is 0. The zero-order valence-corrected chi connectivity index (χ0v) is 11.4. The van der Waals surface area contributed by atoms with Gasteiger partial charge in [0.2, 0.25) is 0 Å². The fraction of sp³-hybridized carbons (Fsp3) is 0.429. The molecule has 1 aromatic carbocycles. The first-order chi connectivity index (χ1) is 9.94. The molecule has 0 spiro atoms. The molecule has 2 rings (SSSR count). The van der Waals surface area contributed by atoms with Gasteiger partial charge in [0.1, 0.15) is 0 Å². The first-order valence-corrected chi connectivity index (χ1v) is 6.71. The highest BCUT2D eigenvalue weighted by atomic mass is 16.6. The molecule has 1 amide bonds. The second kappa shape index (κ2) is 5.90. The van der Waals surface area contributed by atoms with Crippen LogP contribution in [0.25, 0.3) is 0 Å². The van der Waals surface area contributed by atoms with Gasteiger partial charge < -0.3 is 10.4 Å². The van der Waals surface area contributed by atoms with E-state index in [1.54, 1.807) is 0 Å². The van der Waals surface area contributed by atoms with Gasteiger partial charge in [0.25, 0.3) is 11.6 Å². The number of rotatable bonds is 5. The quantitative estimate of drug-likeness (QED) is 0.637. The van der Waals surface area contributed by atoms with Crippen LogP contribution in [0.15, 0.2) is 24.3 Å². The van der Waals surface area contributed by atoms with Crippen molar-refractivity contribution in [1.29, 1.82) is 0 Å². The Hall–Kier alpha value is -2.44. The van der Waals surface area contributed by atoms with Crippen LogP contribution in [0.4, 0.5) is 5.69 Å². The highest BCUT2D eigenvalue weighted by Crippen LogP contribution is 2.37. The maximum Gasteiger partial charge on any atom is 0.311 e. The van der Waals surface area contributed by atoms with E-state index in [0.717, 1.165) is 12.8 Å². The number of nitro benzene ring substituents is 1. The molecular formula is C14H16N2O5. The Bertz CT molecular complexity index is 561. The molecule has 0 radical (unpaired) electrons. The third kappa shape index (κ3) is 3.18. The van der Waals surface area contributed by atoms with E-state index in [1.165, 1.54) is 24.3 Å². The van der Waals surface area contributed by atoms with Gasteiger partial charge in [0.05, 0.1) is 10.3 Å². The second-order valence-corrected chi connectivity index (χ2v) is 5.28. The fourth-order valence-electron chi connectivity index (χ4n) is 2.60. The number of nitro groups is 1. The van der Waals surface area contributed by atoms with Crippen molar-refractivity contribution in [1.82, 2.24) is 5.32 Å². The summed E-state index contributed by atoms with van der Waals surface area (Å²) in [6.45, 7) is 0.0815. The maximum absolute atomic E-state index is 12.0. The Morgan fingerprint density at radius 3 is 2.29 bits per heavy atom. The minimum atomic E-state index is -0.885. The highest BCUT2D eigenvalue weighted by Gasteiger charge is 2.41. The summed E-state index contributed by atoms with van der Waals surface area (Å²) in [5.74, 6) is -1.30. The molecule has 0 atom stereocenters. The second-order valence-electron chi connectivity index (χ2n) is 5.28. The van der Waals surface area contributed by atoms with E-state index in [0.29, 0.717) is 12.8 Å². The summed E-state index contributed by atoms with van der Waals surface area (Å²) in [4.78, 5) is 33.3. The lowest BCUT2D eigenvalue weighted by atomic mass is 9.86. The van der Waals surface area contributed by atoms with Crippen LogP contribution in [0.1, 0.15) is 36.0 Å². The van der Waals surface area contributed by atoms with E-state index < -0.39 is 22.2 Å². The van der Waals surface area contributed by atoms with Crippen LogP contribution in [-0.4, -0.2) is 28.5 Å². The van der Waals surface area contributed by atoms with Crippen LogP contribution >= 0.6 is 0 Å². The predicted octanol–water partition coefficient (Wildman–Crippen LogP) is 1.97. The summed E-state index contributed by atoms with van der Waals surface area (Å²) in [5.41, 5.74) is -0.695. The summed E-state index contributed by atoms with van der Waals surface area (Å²) in [7, 11) is 0. The number of carbonyl (C=O) groups excluding carboxylic acids is 1. The molecule has 112 valence electrons. The van der Waals surface area contributed by atoms with Crippen molar-refractivity contribution in [2.24, 2.45) is 5.41 Å². The number of amides is 1. The number of hydrogen-bond donors (Lipinski definition) is 2. The summed E-state index contributed by atoms with van der Waals surface area (Å²) in [5, 5.41) is 22.5. The normalized spacial score (nSPS) is 16.4. The summed E-state index contributed by atoms with van der Waals surface area (Å²) >= 11 is 0. The average molecular weight is 292 g/mol. The van der Waals surface area contributed by atoms with Crippen molar-refractivity contribution in [3.63, 3.8) is 0 Å². The molecule has 0 aliphatic heterocycles. The van der Waals surface area contributed by atoms with Crippen LogP contribution < -0.4 is 5.32 Å². The highest BCUT2D eigenvalue weighted by molar-refractivity contribution is 5.94. The largest absolute Gasteiger partial charge is 0.481 e. The molecule has 7 nitrogen and oxygen atoms in total. The molecule has 1 aliphatic rings. The van der Waals surface area contributed by atoms with Crippen LogP contribution in [0.3, 0.4) is 0 Å². The van der Waals surface area contributed by atoms with Crippen LogP contribution in [0.2, 0.25) is 0 Å². The number of carboxylic acid groups (broad SMARTS) is 1. The molecule has 0 bridgehead atoms. The smallest absolute Gasteiger partial charge is 0.311 e. The van der Waals surface area contributed by atoms with Crippen LogP contribution in [0.5, 0.6) is 0 Å². The topological polar surface area (TPSA) is 110 Å². The molecule has 21 heavy (non-hydrogen) atoms. The lowest BCUT2D eigenvalue weighted by Crippen LogP contribution is -2.41. The number of hydrogen-bond acceptors (Lipinski definition) is 4. The number of benzene rings is 1. The molecule has 0 saturated heterocycles. The van der Waals surface area contributed by atoms with E-state index in [9.17, 15) is 24.8 Å². The lowest BCUT2D eigenvalue weighted by Gasteiger charge is -2.23. The molecule has 1 saturated carbocycles. The minimum absolute atomic E-state index is 0.0815. The zero-order valence-electron chi connectivity index (χ0n) is 11.4. The Morgan fingerprint density at radius 1 is 1.24 bits per heavy atom. The molecule has 7 heteroatoms. The number of carbonyl (C=O) groups is 2. The van der Waals surface area contributed by atoms with Crippen LogP contribution in [0, 0.1) is 15.5 Å². The van der Waals surface area contributed by atoms with E-state index >= 15 is 0 Å². The lowest BCUT2D eigenvalue weighted by molar-refractivity contribution is -0.384. The van der Waals surface area contributed by atoms with Gasteiger partial charge in [-0.1, -0.05) is 12.8 Å². The Balaban J connectivity index is 2.01. The summed E-state index contributed by atoms with van der Waals surface area (Å²) in [6, 6.07) is 5.21. The molecular weight excluding hydrogens is 276 g/mol. The molecule has 1 aliphatic carbocycles. The standard InChI is InChI=1S/C14H16N2O5/c17-12(10-3-5-11(6-4-10)16(20)21)15-9-14(13(18)19)7-1-2-8-14/h3-6H,1-2,7-9H2,(H,15,17)(H,18,19). The van der Waals surface area contributed by atoms with E-state index in [-0.39, 0.29) is 17.8 Å². The van der Waals surface area contributed by atoms with Gasteiger partial charge in [0.15, 0.2) is 0 Å². The molecule has 0 heterocycles. The van der Waals surface area contributed by atoms with Gasteiger partial charge in [-0.3, -0.25) is 19.7 Å². The van der Waals surface area contributed by atoms with Gasteiger partial charge in [-0.05, 0) is 25.0 Å².